The van der Waals surface area contributed by atoms with Crippen molar-refractivity contribution in [3.8, 4) is 0 Å². The molecule has 6 atom stereocenters. The molecule has 1 saturated heterocycles. The van der Waals surface area contributed by atoms with Crippen molar-refractivity contribution in [2.24, 2.45) is 0 Å². The first-order valence-corrected chi connectivity index (χ1v) is 27.9. The summed E-state index contributed by atoms with van der Waals surface area (Å²) >= 11 is 0. The third kappa shape index (κ3) is 38.6. The van der Waals surface area contributed by atoms with Gasteiger partial charge in [0.2, 0.25) is 0 Å². The summed E-state index contributed by atoms with van der Waals surface area (Å²) in [5, 5.41) is 31.4. The molecule has 0 aromatic heterocycles. The van der Waals surface area contributed by atoms with Gasteiger partial charge in [-0.1, -0.05) is 188 Å². The van der Waals surface area contributed by atoms with E-state index in [1.165, 1.54) is 38.5 Å². The van der Waals surface area contributed by atoms with Crippen molar-refractivity contribution < 1.29 is 58.2 Å². The number of aliphatic hydroxyl groups is 2. The van der Waals surface area contributed by atoms with Crippen LogP contribution in [0.25, 0.3) is 0 Å². The lowest BCUT2D eigenvalue weighted by Crippen LogP contribution is -2.61. The number of aliphatic carboxylic acids is 1. The van der Waals surface area contributed by atoms with Gasteiger partial charge in [0.05, 0.1) is 13.0 Å². The highest BCUT2D eigenvalue weighted by Gasteiger charge is 2.50. The van der Waals surface area contributed by atoms with E-state index in [4.69, 9.17) is 23.7 Å². The minimum absolute atomic E-state index is 0.0105. The summed E-state index contributed by atoms with van der Waals surface area (Å²) in [4.78, 5) is 50.9. The van der Waals surface area contributed by atoms with Crippen LogP contribution in [0.5, 0.6) is 0 Å². The van der Waals surface area contributed by atoms with Crippen molar-refractivity contribution >= 4 is 23.9 Å². The molecule has 0 aromatic rings. The van der Waals surface area contributed by atoms with Gasteiger partial charge in [0.15, 0.2) is 24.6 Å². The van der Waals surface area contributed by atoms with Crippen molar-refractivity contribution in [1.29, 1.82) is 0 Å². The lowest BCUT2D eigenvalue weighted by Gasteiger charge is -2.40. The summed E-state index contributed by atoms with van der Waals surface area (Å²) in [6.07, 6.45) is 52.4. The van der Waals surface area contributed by atoms with Gasteiger partial charge in [0.25, 0.3) is 0 Å². The first-order valence-electron chi connectivity index (χ1n) is 27.9. The normalized spacial score (nSPS) is 19.2. The Morgan fingerprint density at radius 1 is 0.479 bits per heavy atom. The molecule has 1 heterocycles. The predicted molar refractivity (Wildman–Crippen MR) is 294 cm³/mol. The molecule has 1 rings (SSSR count). The van der Waals surface area contributed by atoms with E-state index in [9.17, 15) is 34.5 Å². The Bertz CT molecular complexity index is 1690. The lowest BCUT2D eigenvalue weighted by atomic mass is 9.98. The van der Waals surface area contributed by atoms with Crippen LogP contribution in [0.2, 0.25) is 0 Å². The fourth-order valence-electron chi connectivity index (χ4n) is 7.62. The number of carboxylic acid groups (broad SMARTS) is 1. The molecule has 6 unspecified atom stereocenters. The zero-order valence-electron chi connectivity index (χ0n) is 45.1. The minimum Gasteiger partial charge on any atom is -0.479 e. The van der Waals surface area contributed by atoms with E-state index in [0.717, 1.165) is 103 Å². The van der Waals surface area contributed by atoms with E-state index in [0.29, 0.717) is 19.3 Å². The Balaban J connectivity index is 2.80. The first kappa shape index (κ1) is 66.4. The van der Waals surface area contributed by atoms with E-state index >= 15 is 0 Å². The number of hydrogen-bond donors (Lipinski definition) is 3. The van der Waals surface area contributed by atoms with Crippen LogP contribution in [0.4, 0.5) is 0 Å². The molecule has 0 saturated carbocycles. The van der Waals surface area contributed by atoms with Crippen LogP contribution >= 0.6 is 0 Å². The molecule has 0 aromatic carbocycles. The fourth-order valence-corrected chi connectivity index (χ4v) is 7.62. The van der Waals surface area contributed by atoms with Gasteiger partial charge >= 0.3 is 23.9 Å². The summed E-state index contributed by atoms with van der Waals surface area (Å²) < 4.78 is 28.2. The van der Waals surface area contributed by atoms with Crippen LogP contribution in [0.1, 0.15) is 201 Å². The summed E-state index contributed by atoms with van der Waals surface area (Å²) in [5.41, 5.74) is 0. The summed E-state index contributed by atoms with van der Waals surface area (Å²) in [5.74, 6) is -3.35. The van der Waals surface area contributed by atoms with Crippen LogP contribution < -0.4 is 0 Å². The zero-order valence-corrected chi connectivity index (χ0v) is 45.1. The van der Waals surface area contributed by atoms with Gasteiger partial charge in [-0.25, -0.2) is 4.79 Å². The largest absolute Gasteiger partial charge is 0.479 e. The van der Waals surface area contributed by atoms with Gasteiger partial charge in [0, 0.05) is 12.8 Å². The number of carbonyl (C=O) groups excluding carboxylic acids is 3. The molecule has 1 fully saturated rings. The number of rotatable bonds is 45. The molecule has 0 bridgehead atoms. The summed E-state index contributed by atoms with van der Waals surface area (Å²) in [6, 6.07) is 0. The number of unbranched alkanes of at least 4 members (excludes halogenated alkanes) is 14. The maximum absolute atomic E-state index is 13.1. The minimum atomic E-state index is -1.93. The molecule has 1 aliphatic rings. The first-order chi connectivity index (χ1) is 35.6. The van der Waals surface area contributed by atoms with Gasteiger partial charge in [0.1, 0.15) is 18.8 Å². The number of hydrogen-bond acceptors (Lipinski definition) is 11. The van der Waals surface area contributed by atoms with Crippen LogP contribution in [0, 0.1) is 0 Å². The van der Waals surface area contributed by atoms with Gasteiger partial charge in [-0.3, -0.25) is 14.4 Å². The van der Waals surface area contributed by atoms with Crippen molar-refractivity contribution in [1.82, 2.24) is 0 Å². The zero-order chi connectivity index (χ0) is 53.3. The Kier molecular flexibility index (Phi) is 44.0. The topological polar surface area (TPSA) is 175 Å². The van der Waals surface area contributed by atoms with Crippen molar-refractivity contribution in [3.63, 3.8) is 0 Å². The fraction of sp³-hybridized carbons (Fsp3) is 0.639. The molecule has 0 amide bonds. The quantitative estimate of drug-likeness (QED) is 0.0228. The van der Waals surface area contributed by atoms with Gasteiger partial charge < -0.3 is 39.0 Å². The van der Waals surface area contributed by atoms with Gasteiger partial charge in [-0.05, 0) is 103 Å². The van der Waals surface area contributed by atoms with Crippen LogP contribution in [0.15, 0.2) is 109 Å². The highest BCUT2D eigenvalue weighted by atomic mass is 16.7. The van der Waals surface area contributed by atoms with Crippen LogP contribution in [0.3, 0.4) is 0 Å². The molecule has 3 N–H and O–H groups in total. The van der Waals surface area contributed by atoms with Crippen molar-refractivity contribution in [2.75, 3.05) is 13.2 Å². The molecule has 0 aliphatic carbocycles. The number of aliphatic hydroxyl groups excluding tert-OH is 2. The Morgan fingerprint density at radius 3 is 1.41 bits per heavy atom. The van der Waals surface area contributed by atoms with E-state index in [1.807, 2.05) is 12.2 Å². The van der Waals surface area contributed by atoms with E-state index in [1.54, 1.807) is 6.08 Å². The molecule has 12 nitrogen and oxygen atoms in total. The molecule has 412 valence electrons. The molecule has 0 spiro atoms. The standard InChI is InChI=1S/C61H96O12/c1-4-7-10-13-16-19-22-25-27-30-32-35-38-41-44-47-53(62)69-50-52(71-54(63)48-45-42-39-36-34-31-28-26-23-20-17-14-11-8-5-2)51-70-61-59(57(66)56(65)58(73-61)60(67)68)72-55(64)49-46-43-40-37-33-29-24-21-18-15-12-9-6-3/h7,9-10,12,16,18-19,21,25-29,32-33,35,41,44,52,56-59,61,65-66H,4-6,8,11,13-15,17,20,22-24,30-31,34,36-40,42-43,45-51H2,1-3H3,(H,67,68)/b10-7-,12-9-,19-16-,21-18-,27-25-,28-26-,33-29-,35-32-,44-41-. The Labute approximate surface area is 440 Å². The maximum Gasteiger partial charge on any atom is 0.335 e. The maximum atomic E-state index is 13.1. The Hall–Kier alpha value is -4.62. The number of carboxylic acids is 1. The van der Waals surface area contributed by atoms with E-state index in [-0.39, 0.29) is 25.9 Å². The molecule has 1 aliphatic heterocycles. The third-order valence-electron chi connectivity index (χ3n) is 11.8. The third-order valence-corrected chi connectivity index (χ3v) is 11.8. The smallest absolute Gasteiger partial charge is 0.335 e. The second-order valence-corrected chi connectivity index (χ2v) is 18.5. The average Bonchev–Trinajstić information content (AvgIpc) is 3.37. The number of allylic oxidation sites excluding steroid dienone is 17. The van der Waals surface area contributed by atoms with Crippen molar-refractivity contribution in [2.45, 2.75) is 237 Å². The molecular formula is C61H96O12. The number of ether oxygens (including phenoxy) is 5. The number of carbonyl (C=O) groups is 4. The van der Waals surface area contributed by atoms with Crippen LogP contribution in [-0.2, 0) is 42.9 Å². The Morgan fingerprint density at radius 2 is 0.904 bits per heavy atom. The highest BCUT2D eigenvalue weighted by molar-refractivity contribution is 5.74. The molecule has 0 radical (unpaired) electrons. The predicted octanol–water partition coefficient (Wildman–Crippen LogP) is 13.9. The monoisotopic (exact) mass is 1020 g/mol. The average molecular weight is 1020 g/mol. The van der Waals surface area contributed by atoms with Crippen LogP contribution in [-0.4, -0.2) is 89.2 Å². The van der Waals surface area contributed by atoms with Gasteiger partial charge in [-0.2, -0.15) is 0 Å². The van der Waals surface area contributed by atoms with E-state index < -0.39 is 67.3 Å². The summed E-state index contributed by atoms with van der Waals surface area (Å²) in [6.45, 7) is 5.62. The van der Waals surface area contributed by atoms with Gasteiger partial charge in [-0.15, -0.1) is 0 Å². The molecule has 12 heteroatoms. The number of esters is 3. The highest BCUT2D eigenvalue weighted by Crippen LogP contribution is 2.26. The second-order valence-electron chi connectivity index (χ2n) is 18.5. The van der Waals surface area contributed by atoms with Crippen molar-refractivity contribution in [3.05, 3.63) is 109 Å². The molecule has 73 heavy (non-hydrogen) atoms. The van der Waals surface area contributed by atoms with E-state index in [2.05, 4.69) is 112 Å². The molecular weight excluding hydrogens is 925 g/mol. The SMILES string of the molecule is CC/C=C\C/C=C\C/C=C\C/C=C\C/C=C\CC(=O)OCC(COC1OC(C(=O)O)C(O)C(O)C1OC(=O)CCCCC/C=C\C/C=C\C/C=C\CC)OC(=O)CCCCCCC/C=C\CCCCCCCC. The summed E-state index contributed by atoms with van der Waals surface area (Å²) in [7, 11) is 0. The second kappa shape index (κ2) is 48.3. The lowest BCUT2D eigenvalue weighted by molar-refractivity contribution is -0.301.